The Morgan fingerprint density at radius 1 is 1.11 bits per heavy atom. The molecule has 2 aromatic carbocycles. The number of benzene rings is 2. The maximum Gasteiger partial charge on any atom is 0.224 e. The van der Waals surface area contributed by atoms with Gasteiger partial charge in [-0.2, -0.15) is 0 Å². The van der Waals surface area contributed by atoms with Gasteiger partial charge in [0.1, 0.15) is 12.4 Å². The summed E-state index contributed by atoms with van der Waals surface area (Å²) in [6.45, 7) is 3.23. The van der Waals surface area contributed by atoms with Crippen molar-refractivity contribution in [2.75, 3.05) is 26.2 Å². The molecule has 0 aliphatic carbocycles. The summed E-state index contributed by atoms with van der Waals surface area (Å²) in [7, 11) is 0. The number of rotatable bonds is 8. The molecule has 0 unspecified atom stereocenters. The molecule has 4 aromatic rings. The van der Waals surface area contributed by atoms with Gasteiger partial charge in [0.05, 0.1) is 27.5 Å². The van der Waals surface area contributed by atoms with Crippen molar-refractivity contribution in [1.82, 2.24) is 20.2 Å². The summed E-state index contributed by atoms with van der Waals surface area (Å²) in [6, 6.07) is 19.0. The Balaban J connectivity index is 1.13. The molecule has 35 heavy (non-hydrogen) atoms. The Kier molecular flexibility index (Phi) is 7.57. The number of nitrogens with zero attached hydrogens (tertiary/aromatic N) is 3. The number of likely N-dealkylation sites (tertiary alicyclic amines) is 1. The molecular weight excluding hydrogens is 480 g/mol. The monoisotopic (exact) mass is 506 g/mol. The predicted molar refractivity (Wildman–Crippen MR) is 140 cm³/mol. The minimum atomic E-state index is -0.303. The maximum atomic E-state index is 13.2. The van der Waals surface area contributed by atoms with Gasteiger partial charge in [-0.1, -0.05) is 29.8 Å². The molecule has 1 fully saturated rings. The second-order valence-electron chi connectivity index (χ2n) is 8.69. The molecule has 1 aliphatic heterocycles. The second kappa shape index (κ2) is 11.2. The molecule has 180 valence electrons. The van der Waals surface area contributed by atoms with Crippen LogP contribution < -0.4 is 10.1 Å². The fourth-order valence-electron chi connectivity index (χ4n) is 4.43. The summed E-state index contributed by atoms with van der Waals surface area (Å²) >= 11 is 7.69. The van der Waals surface area contributed by atoms with E-state index >= 15 is 0 Å². The molecule has 3 heterocycles. The highest BCUT2D eigenvalue weighted by Gasteiger charge is 2.27. The summed E-state index contributed by atoms with van der Waals surface area (Å²) in [4.78, 5) is 24.4. The van der Waals surface area contributed by atoms with E-state index in [2.05, 4.69) is 20.2 Å². The molecule has 1 N–H and O–H groups in total. The quantitative estimate of drug-likeness (QED) is 0.349. The highest BCUT2D eigenvalue weighted by molar-refractivity contribution is 7.16. The summed E-state index contributed by atoms with van der Waals surface area (Å²) in [6.07, 6.45) is 3.41. The minimum absolute atomic E-state index is 0.0144. The number of hydrogen-bond acceptors (Lipinski definition) is 6. The van der Waals surface area contributed by atoms with E-state index in [4.69, 9.17) is 16.3 Å². The standard InChI is InChI=1S/C27H27ClN4O2S/c28-21-6-4-19(5-7-21)26(24-3-1-2-12-29-24)31-27(33)20-10-13-32(14-11-20)15-16-34-22-8-9-23-25(17-22)35-18-30-23/h1-9,12,17-18,20,26H,10-11,13-16H2,(H,31,33)/t26-/m1/s1. The molecule has 0 radical (unpaired) electrons. The smallest absolute Gasteiger partial charge is 0.224 e. The Morgan fingerprint density at radius 3 is 2.71 bits per heavy atom. The van der Waals surface area contributed by atoms with Gasteiger partial charge in [0.2, 0.25) is 5.91 Å². The molecule has 2 aromatic heterocycles. The number of thiazole rings is 1. The van der Waals surface area contributed by atoms with Gasteiger partial charge in [-0.15, -0.1) is 11.3 Å². The third-order valence-corrected chi connectivity index (χ3v) is 7.45. The molecule has 1 atom stereocenters. The largest absolute Gasteiger partial charge is 0.492 e. The van der Waals surface area contributed by atoms with Crippen molar-refractivity contribution in [2.24, 2.45) is 5.92 Å². The highest BCUT2D eigenvalue weighted by Crippen LogP contribution is 2.26. The predicted octanol–water partition coefficient (Wildman–Crippen LogP) is 5.34. The molecule has 0 bridgehead atoms. The van der Waals surface area contributed by atoms with Gasteiger partial charge in [0, 0.05) is 23.7 Å². The molecule has 1 amide bonds. The van der Waals surface area contributed by atoms with Crippen molar-refractivity contribution >= 4 is 39.1 Å². The van der Waals surface area contributed by atoms with Crippen molar-refractivity contribution < 1.29 is 9.53 Å². The molecule has 8 heteroatoms. The lowest BCUT2D eigenvalue weighted by molar-refractivity contribution is -0.127. The number of hydrogen-bond donors (Lipinski definition) is 1. The van der Waals surface area contributed by atoms with Gasteiger partial charge in [-0.25, -0.2) is 4.98 Å². The first-order valence-corrected chi connectivity index (χ1v) is 13.1. The first kappa shape index (κ1) is 23.7. The van der Waals surface area contributed by atoms with Crippen LogP contribution in [0.5, 0.6) is 5.75 Å². The number of nitrogens with one attached hydrogen (secondary N) is 1. The zero-order valence-corrected chi connectivity index (χ0v) is 20.8. The fourth-order valence-corrected chi connectivity index (χ4v) is 5.26. The van der Waals surface area contributed by atoms with Crippen molar-refractivity contribution in [3.8, 4) is 5.75 Å². The molecule has 0 spiro atoms. The molecule has 1 aliphatic rings. The van der Waals surface area contributed by atoms with Gasteiger partial charge in [-0.3, -0.25) is 14.7 Å². The number of aromatic nitrogens is 2. The summed E-state index contributed by atoms with van der Waals surface area (Å²) in [5.74, 6) is 0.933. The first-order chi connectivity index (χ1) is 17.2. The first-order valence-electron chi connectivity index (χ1n) is 11.8. The Labute approximate surface area is 213 Å². The lowest BCUT2D eigenvalue weighted by atomic mass is 9.94. The molecular formula is C27H27ClN4O2S. The second-order valence-corrected chi connectivity index (χ2v) is 10.0. The minimum Gasteiger partial charge on any atom is -0.492 e. The fraction of sp³-hybridized carbons (Fsp3) is 0.296. The van der Waals surface area contributed by atoms with E-state index in [9.17, 15) is 4.79 Å². The third kappa shape index (κ3) is 5.99. The van der Waals surface area contributed by atoms with Crippen LogP contribution in [0.1, 0.15) is 30.1 Å². The summed E-state index contributed by atoms with van der Waals surface area (Å²) < 4.78 is 7.10. The van der Waals surface area contributed by atoms with Gasteiger partial charge in [0.15, 0.2) is 0 Å². The van der Waals surface area contributed by atoms with Crippen molar-refractivity contribution in [2.45, 2.75) is 18.9 Å². The van der Waals surface area contributed by atoms with Crippen LogP contribution in [0.15, 0.2) is 72.4 Å². The number of piperidine rings is 1. The maximum absolute atomic E-state index is 13.2. The van der Waals surface area contributed by atoms with Gasteiger partial charge >= 0.3 is 0 Å². The third-order valence-electron chi connectivity index (χ3n) is 6.41. The lowest BCUT2D eigenvalue weighted by Crippen LogP contribution is -2.42. The van der Waals surface area contributed by atoms with Gasteiger partial charge < -0.3 is 10.1 Å². The van der Waals surface area contributed by atoms with Crippen molar-refractivity contribution in [3.05, 3.63) is 88.7 Å². The number of carbonyl (C=O) groups excluding carboxylic acids is 1. The van der Waals surface area contributed by atoms with E-state index in [1.807, 2.05) is 66.2 Å². The van der Waals surface area contributed by atoms with Crippen LogP contribution in [0.2, 0.25) is 5.02 Å². The van der Waals surface area contributed by atoms with Crippen LogP contribution in [0.3, 0.4) is 0 Å². The van der Waals surface area contributed by atoms with Crippen LogP contribution in [0.25, 0.3) is 10.2 Å². The number of fused-ring (bicyclic) bond motifs is 1. The molecule has 1 saturated heterocycles. The topological polar surface area (TPSA) is 67.4 Å². The van der Waals surface area contributed by atoms with Crippen molar-refractivity contribution in [3.63, 3.8) is 0 Å². The van der Waals surface area contributed by atoms with Crippen LogP contribution in [0, 0.1) is 5.92 Å². The Morgan fingerprint density at radius 2 is 1.94 bits per heavy atom. The zero-order chi connectivity index (χ0) is 24.0. The van der Waals surface area contributed by atoms with Crippen molar-refractivity contribution in [1.29, 1.82) is 0 Å². The number of ether oxygens (including phenoxy) is 1. The van der Waals surface area contributed by atoms with E-state index in [1.54, 1.807) is 17.5 Å². The Hall–Kier alpha value is -3.00. The zero-order valence-electron chi connectivity index (χ0n) is 19.3. The average Bonchev–Trinajstić information content (AvgIpc) is 3.37. The number of carbonyl (C=O) groups is 1. The van der Waals surface area contributed by atoms with Gasteiger partial charge in [0.25, 0.3) is 0 Å². The van der Waals surface area contributed by atoms with Gasteiger partial charge in [-0.05, 0) is 74.0 Å². The lowest BCUT2D eigenvalue weighted by Gasteiger charge is -2.32. The van der Waals surface area contributed by atoms with E-state index < -0.39 is 0 Å². The molecule has 5 rings (SSSR count). The molecule has 0 saturated carbocycles. The Bertz CT molecular complexity index is 1260. The number of halogens is 1. The normalized spacial score (nSPS) is 15.7. The van der Waals surface area contributed by atoms with Crippen LogP contribution in [-0.4, -0.2) is 47.0 Å². The van der Waals surface area contributed by atoms with Crippen LogP contribution >= 0.6 is 22.9 Å². The highest BCUT2D eigenvalue weighted by atomic mass is 35.5. The van der Waals surface area contributed by atoms with E-state index in [-0.39, 0.29) is 17.9 Å². The van der Waals surface area contributed by atoms with E-state index in [1.165, 1.54) is 0 Å². The average molecular weight is 507 g/mol. The number of amides is 1. The summed E-state index contributed by atoms with van der Waals surface area (Å²) in [5.41, 5.74) is 4.63. The molecule has 6 nitrogen and oxygen atoms in total. The number of pyridine rings is 1. The SMILES string of the molecule is O=C(N[C@H](c1ccc(Cl)cc1)c1ccccn1)C1CCN(CCOc2ccc3ncsc3c2)CC1. The van der Waals surface area contributed by atoms with Crippen LogP contribution in [0.4, 0.5) is 0 Å². The van der Waals surface area contributed by atoms with E-state index in [0.29, 0.717) is 11.6 Å². The summed E-state index contributed by atoms with van der Waals surface area (Å²) in [5, 5.41) is 3.91. The van der Waals surface area contributed by atoms with Crippen LogP contribution in [-0.2, 0) is 4.79 Å². The van der Waals surface area contributed by atoms with E-state index in [0.717, 1.165) is 59.7 Å².